The van der Waals surface area contributed by atoms with Crippen molar-refractivity contribution in [2.24, 2.45) is 5.92 Å². The lowest BCUT2D eigenvalue weighted by atomic mass is 10.1. The van der Waals surface area contributed by atoms with Crippen LogP contribution in [0.4, 0.5) is 4.79 Å². The number of urea groups is 1. The lowest BCUT2D eigenvalue weighted by Gasteiger charge is -2.27. The van der Waals surface area contributed by atoms with Crippen LogP contribution in [0.1, 0.15) is 45.4 Å². The number of amides is 2. The normalized spacial score (nSPS) is 15.0. The molecule has 6 heteroatoms. The van der Waals surface area contributed by atoms with E-state index in [0.717, 1.165) is 6.54 Å². The van der Waals surface area contributed by atoms with Gasteiger partial charge >= 0.3 is 6.03 Å². The minimum Gasteiger partial charge on any atom is -0.338 e. The van der Waals surface area contributed by atoms with E-state index < -0.39 is 0 Å². The predicted octanol–water partition coefficient (Wildman–Crippen LogP) is 3.03. The van der Waals surface area contributed by atoms with E-state index in [1.807, 2.05) is 32.0 Å². The van der Waals surface area contributed by atoms with Crippen molar-refractivity contribution in [1.29, 1.82) is 0 Å². The Morgan fingerprint density at radius 2 is 2.04 bits per heavy atom. The van der Waals surface area contributed by atoms with Crippen molar-refractivity contribution in [3.63, 3.8) is 0 Å². The number of aromatic nitrogens is 2. The highest BCUT2D eigenvalue weighted by Crippen LogP contribution is 2.23. The van der Waals surface area contributed by atoms with Crippen LogP contribution >= 0.6 is 0 Å². The van der Waals surface area contributed by atoms with E-state index in [1.165, 1.54) is 25.7 Å². The SMILES string of the molecule is CC(C)N(Cc1nc2ccccc2c(=O)[nH]1)C(=O)NCC1CCCC1. The van der Waals surface area contributed by atoms with Gasteiger partial charge in [-0.25, -0.2) is 9.78 Å². The number of nitrogens with zero attached hydrogens (tertiary/aromatic N) is 2. The molecule has 0 aliphatic heterocycles. The molecule has 1 aliphatic rings. The first-order valence-electron chi connectivity index (χ1n) is 9.07. The molecule has 2 N–H and O–H groups in total. The second-order valence-corrected chi connectivity index (χ2v) is 7.09. The van der Waals surface area contributed by atoms with Gasteiger partial charge in [0.25, 0.3) is 5.56 Å². The fraction of sp³-hybridized carbons (Fsp3) is 0.526. The molecule has 6 nitrogen and oxygen atoms in total. The summed E-state index contributed by atoms with van der Waals surface area (Å²) < 4.78 is 0. The number of para-hydroxylation sites is 1. The molecule has 0 saturated heterocycles. The zero-order valence-electron chi connectivity index (χ0n) is 14.9. The van der Waals surface area contributed by atoms with Gasteiger partial charge in [-0.3, -0.25) is 4.79 Å². The summed E-state index contributed by atoms with van der Waals surface area (Å²) in [6.45, 7) is 4.95. The molecule has 3 rings (SSSR count). The van der Waals surface area contributed by atoms with Gasteiger partial charge < -0.3 is 15.2 Å². The number of H-pyrrole nitrogens is 1. The third-order valence-corrected chi connectivity index (χ3v) is 4.88. The van der Waals surface area contributed by atoms with Crippen LogP contribution in [0.15, 0.2) is 29.1 Å². The van der Waals surface area contributed by atoms with Crippen LogP contribution in [-0.2, 0) is 6.54 Å². The highest BCUT2D eigenvalue weighted by molar-refractivity contribution is 5.77. The van der Waals surface area contributed by atoms with Crippen molar-refractivity contribution in [3.05, 3.63) is 40.4 Å². The van der Waals surface area contributed by atoms with Gasteiger partial charge in [-0.15, -0.1) is 0 Å². The van der Waals surface area contributed by atoms with Crippen LogP contribution in [0.25, 0.3) is 10.9 Å². The number of fused-ring (bicyclic) bond motifs is 1. The van der Waals surface area contributed by atoms with Gasteiger partial charge in [-0.1, -0.05) is 25.0 Å². The van der Waals surface area contributed by atoms with E-state index in [-0.39, 0.29) is 24.2 Å². The molecule has 1 fully saturated rings. The molecule has 2 aromatic rings. The van der Waals surface area contributed by atoms with Gasteiger partial charge in [0.2, 0.25) is 0 Å². The molecule has 1 saturated carbocycles. The van der Waals surface area contributed by atoms with E-state index in [4.69, 9.17) is 0 Å². The zero-order valence-corrected chi connectivity index (χ0v) is 14.9. The molecule has 1 aliphatic carbocycles. The Hall–Kier alpha value is -2.37. The van der Waals surface area contributed by atoms with E-state index in [9.17, 15) is 9.59 Å². The predicted molar refractivity (Wildman–Crippen MR) is 98.4 cm³/mol. The van der Waals surface area contributed by atoms with E-state index in [1.54, 1.807) is 11.0 Å². The molecule has 2 amide bonds. The summed E-state index contributed by atoms with van der Waals surface area (Å²) in [6, 6.07) is 7.15. The van der Waals surface area contributed by atoms with Gasteiger partial charge in [0.1, 0.15) is 5.82 Å². The van der Waals surface area contributed by atoms with Gasteiger partial charge in [0.15, 0.2) is 0 Å². The number of carbonyl (C=O) groups excluding carboxylic acids is 1. The lowest BCUT2D eigenvalue weighted by molar-refractivity contribution is 0.176. The van der Waals surface area contributed by atoms with E-state index >= 15 is 0 Å². The van der Waals surface area contributed by atoms with Crippen molar-refractivity contribution in [1.82, 2.24) is 20.2 Å². The number of aromatic amines is 1. The van der Waals surface area contributed by atoms with E-state index in [0.29, 0.717) is 22.6 Å². The summed E-state index contributed by atoms with van der Waals surface area (Å²) in [5.41, 5.74) is 0.479. The number of hydrogen-bond acceptors (Lipinski definition) is 3. The molecule has 0 atom stereocenters. The standard InChI is InChI=1S/C19H26N4O2/c1-13(2)23(19(25)20-11-14-7-3-4-8-14)12-17-21-16-10-6-5-9-15(16)18(24)22-17/h5-6,9-10,13-14H,3-4,7-8,11-12H2,1-2H3,(H,20,25)(H,21,22,24). The Bertz CT molecular complexity index is 793. The van der Waals surface area contributed by atoms with Gasteiger partial charge in [0, 0.05) is 12.6 Å². The van der Waals surface area contributed by atoms with E-state index in [2.05, 4.69) is 15.3 Å². The molecular formula is C19H26N4O2. The average Bonchev–Trinajstić information content (AvgIpc) is 3.11. The molecule has 1 aromatic heterocycles. The molecule has 0 radical (unpaired) electrons. The summed E-state index contributed by atoms with van der Waals surface area (Å²) in [7, 11) is 0. The van der Waals surface area contributed by atoms with Crippen LogP contribution in [0.2, 0.25) is 0 Å². The van der Waals surface area contributed by atoms with Gasteiger partial charge in [0.05, 0.1) is 17.4 Å². The molecule has 134 valence electrons. The Kier molecular flexibility index (Phi) is 5.36. The monoisotopic (exact) mass is 342 g/mol. The van der Waals surface area contributed by atoms with Crippen LogP contribution < -0.4 is 10.9 Å². The number of nitrogens with one attached hydrogen (secondary N) is 2. The minimum absolute atomic E-state index is 0.0142. The summed E-state index contributed by atoms with van der Waals surface area (Å²) >= 11 is 0. The second kappa shape index (κ2) is 7.68. The first-order valence-corrected chi connectivity index (χ1v) is 9.07. The number of rotatable bonds is 5. The minimum atomic E-state index is -0.171. The van der Waals surface area contributed by atoms with Crippen molar-refractivity contribution in [2.75, 3.05) is 6.54 Å². The van der Waals surface area contributed by atoms with Crippen molar-refractivity contribution >= 4 is 16.9 Å². The fourth-order valence-corrected chi connectivity index (χ4v) is 3.41. The molecule has 1 aromatic carbocycles. The Labute approximate surface area is 147 Å². The molecule has 0 spiro atoms. The zero-order chi connectivity index (χ0) is 17.8. The second-order valence-electron chi connectivity index (χ2n) is 7.09. The fourth-order valence-electron chi connectivity index (χ4n) is 3.41. The topological polar surface area (TPSA) is 78.1 Å². The Morgan fingerprint density at radius 3 is 2.76 bits per heavy atom. The largest absolute Gasteiger partial charge is 0.338 e. The molecule has 0 unspecified atom stereocenters. The van der Waals surface area contributed by atoms with Crippen LogP contribution in [0.5, 0.6) is 0 Å². The average molecular weight is 342 g/mol. The quantitative estimate of drug-likeness (QED) is 0.877. The van der Waals surface area contributed by atoms with Crippen LogP contribution in [0, 0.1) is 5.92 Å². The first-order chi connectivity index (χ1) is 12.0. The third kappa shape index (κ3) is 4.18. The van der Waals surface area contributed by atoms with Gasteiger partial charge in [-0.05, 0) is 44.7 Å². The summed E-state index contributed by atoms with van der Waals surface area (Å²) in [6.07, 6.45) is 4.91. The van der Waals surface area contributed by atoms with Gasteiger partial charge in [-0.2, -0.15) is 0 Å². The summed E-state index contributed by atoms with van der Waals surface area (Å²) in [5, 5.41) is 3.61. The maximum absolute atomic E-state index is 12.6. The van der Waals surface area contributed by atoms with Crippen molar-refractivity contribution in [2.45, 2.75) is 52.1 Å². The third-order valence-electron chi connectivity index (χ3n) is 4.88. The maximum Gasteiger partial charge on any atom is 0.318 e. The van der Waals surface area contributed by atoms with Crippen molar-refractivity contribution < 1.29 is 4.79 Å². The highest BCUT2D eigenvalue weighted by Gasteiger charge is 2.21. The summed E-state index contributed by atoms with van der Waals surface area (Å²) in [4.78, 5) is 33.8. The number of hydrogen-bond donors (Lipinski definition) is 2. The summed E-state index contributed by atoms with van der Waals surface area (Å²) in [5.74, 6) is 1.10. The highest BCUT2D eigenvalue weighted by atomic mass is 16.2. The molecule has 25 heavy (non-hydrogen) atoms. The molecular weight excluding hydrogens is 316 g/mol. The first kappa shape index (κ1) is 17.5. The molecule has 1 heterocycles. The smallest absolute Gasteiger partial charge is 0.318 e. The number of carbonyl (C=O) groups is 1. The number of benzene rings is 1. The van der Waals surface area contributed by atoms with Crippen molar-refractivity contribution in [3.8, 4) is 0 Å². The van der Waals surface area contributed by atoms with Crippen LogP contribution in [-0.4, -0.2) is 33.5 Å². The maximum atomic E-state index is 12.6. The lowest BCUT2D eigenvalue weighted by Crippen LogP contribution is -2.45. The Morgan fingerprint density at radius 1 is 1.32 bits per heavy atom. The molecule has 0 bridgehead atoms. The van der Waals surface area contributed by atoms with Crippen LogP contribution in [0.3, 0.4) is 0 Å². The Balaban J connectivity index is 1.72.